The SMILES string of the molecule is Cc1cccc(-c2cc3ncc[n+](N[C@@H]4C[C@H](COS(N)(=O)=O)[C@@H](O)[C@H]4C)n3n2)c1. The van der Waals surface area contributed by atoms with Crippen molar-refractivity contribution in [2.45, 2.75) is 32.4 Å². The van der Waals surface area contributed by atoms with Crippen LogP contribution in [0.5, 0.6) is 0 Å². The van der Waals surface area contributed by atoms with Crippen LogP contribution in [-0.4, -0.2) is 47.0 Å². The van der Waals surface area contributed by atoms with E-state index in [2.05, 4.69) is 21.6 Å². The molecule has 2 aromatic heterocycles. The maximum Gasteiger partial charge on any atom is 0.333 e. The molecule has 1 fully saturated rings. The maximum absolute atomic E-state index is 11.1. The first-order valence-electron chi connectivity index (χ1n) is 9.67. The molecule has 3 aromatic rings. The van der Waals surface area contributed by atoms with E-state index < -0.39 is 16.4 Å². The lowest BCUT2D eigenvalue weighted by Gasteiger charge is -2.18. The van der Waals surface area contributed by atoms with Gasteiger partial charge in [-0.15, -0.1) is 0 Å². The molecule has 0 bridgehead atoms. The second-order valence-electron chi connectivity index (χ2n) is 7.78. The standard InChI is InChI=1S/C19H25N6O4S/c1-12-4-3-5-14(8-12)17-10-18-21-6-7-24(25(18)23-17)22-16-9-15(19(26)13(16)2)11-29-30(20,27)28/h3-8,10,13,15-16,19,22,26H,9,11H2,1-2H3,(H2,20,27,28)/q+1/t13-,15+,16+,19-/m0/s1. The lowest BCUT2D eigenvalue weighted by atomic mass is 10.0. The van der Waals surface area contributed by atoms with E-state index in [0.717, 1.165) is 16.8 Å². The number of benzene rings is 1. The minimum atomic E-state index is -4.04. The normalized spacial score (nSPS) is 24.4. The molecule has 1 aliphatic carbocycles. The summed E-state index contributed by atoms with van der Waals surface area (Å²) < 4.78 is 28.5. The highest BCUT2D eigenvalue weighted by Crippen LogP contribution is 2.32. The number of aromatic nitrogens is 4. The number of hydrogen-bond acceptors (Lipinski definition) is 7. The summed E-state index contributed by atoms with van der Waals surface area (Å²) in [5.41, 5.74) is 6.96. The molecular formula is C19H25N6O4S+. The molecule has 4 rings (SSSR count). The van der Waals surface area contributed by atoms with Crippen molar-refractivity contribution in [2.24, 2.45) is 17.0 Å². The van der Waals surface area contributed by atoms with Crippen molar-refractivity contribution in [1.82, 2.24) is 14.7 Å². The Morgan fingerprint density at radius 2 is 2.20 bits per heavy atom. The van der Waals surface area contributed by atoms with E-state index in [4.69, 9.17) is 9.32 Å². The molecule has 0 radical (unpaired) electrons. The highest BCUT2D eigenvalue weighted by Gasteiger charge is 2.41. The second kappa shape index (κ2) is 7.91. The van der Waals surface area contributed by atoms with Crippen molar-refractivity contribution in [1.29, 1.82) is 0 Å². The molecule has 0 unspecified atom stereocenters. The molecule has 1 saturated carbocycles. The van der Waals surface area contributed by atoms with Crippen LogP contribution >= 0.6 is 0 Å². The number of fused-ring (bicyclic) bond motifs is 1. The first kappa shape index (κ1) is 20.7. The van der Waals surface area contributed by atoms with Crippen molar-refractivity contribution < 1.29 is 22.5 Å². The van der Waals surface area contributed by atoms with Crippen molar-refractivity contribution in [2.75, 3.05) is 12.0 Å². The van der Waals surface area contributed by atoms with E-state index in [-0.39, 0.29) is 24.5 Å². The number of aliphatic hydroxyl groups excluding tert-OH is 1. The second-order valence-corrected chi connectivity index (χ2v) is 9.00. The molecule has 1 aliphatic rings. The third-order valence-corrected chi connectivity index (χ3v) is 6.03. The zero-order chi connectivity index (χ0) is 21.5. The summed E-state index contributed by atoms with van der Waals surface area (Å²) >= 11 is 0. The molecule has 1 aromatic carbocycles. The zero-order valence-corrected chi connectivity index (χ0v) is 17.5. The average molecular weight is 434 g/mol. The number of nitrogens with zero attached hydrogens (tertiary/aromatic N) is 4. The van der Waals surface area contributed by atoms with Gasteiger partial charge in [0.25, 0.3) is 0 Å². The van der Waals surface area contributed by atoms with Gasteiger partial charge < -0.3 is 5.11 Å². The van der Waals surface area contributed by atoms with Crippen LogP contribution in [0.4, 0.5) is 0 Å². The van der Waals surface area contributed by atoms with Gasteiger partial charge in [0.15, 0.2) is 6.20 Å². The summed E-state index contributed by atoms with van der Waals surface area (Å²) in [7, 11) is -4.04. The Hall–Kier alpha value is -2.60. The van der Waals surface area contributed by atoms with Crippen LogP contribution in [0.2, 0.25) is 0 Å². The van der Waals surface area contributed by atoms with Gasteiger partial charge in [0.05, 0.1) is 30.0 Å². The summed E-state index contributed by atoms with van der Waals surface area (Å²) in [6, 6.07) is 9.85. The molecular weight excluding hydrogens is 408 g/mol. The zero-order valence-electron chi connectivity index (χ0n) is 16.7. The first-order chi connectivity index (χ1) is 14.2. The molecule has 4 N–H and O–H groups in total. The number of hydrogen-bond donors (Lipinski definition) is 3. The van der Waals surface area contributed by atoms with E-state index in [1.165, 1.54) is 0 Å². The Morgan fingerprint density at radius 1 is 1.40 bits per heavy atom. The predicted octanol–water partition coefficient (Wildman–Crippen LogP) is 0.141. The minimum absolute atomic E-state index is 0.128. The van der Waals surface area contributed by atoms with Gasteiger partial charge >= 0.3 is 10.3 Å². The summed E-state index contributed by atoms with van der Waals surface area (Å²) in [6.45, 7) is 3.78. The smallest absolute Gasteiger partial charge is 0.333 e. The average Bonchev–Trinajstić information content (AvgIpc) is 3.24. The first-order valence-corrected chi connectivity index (χ1v) is 11.1. The number of aryl methyl sites for hydroxylation is 1. The summed E-state index contributed by atoms with van der Waals surface area (Å²) in [4.78, 5) is 6.10. The van der Waals surface area contributed by atoms with E-state index >= 15 is 0 Å². The van der Waals surface area contributed by atoms with Gasteiger partial charge in [0.1, 0.15) is 0 Å². The van der Waals surface area contributed by atoms with E-state index in [0.29, 0.717) is 12.1 Å². The van der Waals surface area contributed by atoms with Crippen LogP contribution in [0.1, 0.15) is 18.9 Å². The fourth-order valence-corrected chi connectivity index (χ4v) is 4.29. The van der Waals surface area contributed by atoms with Crippen LogP contribution in [0.25, 0.3) is 16.9 Å². The Morgan fingerprint density at radius 3 is 2.93 bits per heavy atom. The Labute approximate surface area is 174 Å². The maximum atomic E-state index is 11.1. The number of nitrogens with one attached hydrogen (secondary N) is 1. The molecule has 0 aliphatic heterocycles. The van der Waals surface area contributed by atoms with Crippen LogP contribution in [0.15, 0.2) is 42.7 Å². The van der Waals surface area contributed by atoms with Crippen LogP contribution < -0.4 is 15.4 Å². The lowest BCUT2D eigenvalue weighted by Crippen LogP contribution is -2.56. The Bertz CT molecular complexity index is 1160. The van der Waals surface area contributed by atoms with Crippen LogP contribution in [-0.2, 0) is 14.5 Å². The van der Waals surface area contributed by atoms with Crippen LogP contribution in [0, 0.1) is 18.8 Å². The van der Waals surface area contributed by atoms with E-state index in [1.54, 1.807) is 21.8 Å². The van der Waals surface area contributed by atoms with Gasteiger partial charge in [0.2, 0.25) is 11.3 Å². The highest BCUT2D eigenvalue weighted by atomic mass is 32.2. The fourth-order valence-electron chi connectivity index (χ4n) is 3.93. The lowest BCUT2D eigenvalue weighted by molar-refractivity contribution is -0.730. The van der Waals surface area contributed by atoms with Crippen molar-refractivity contribution in [3.8, 4) is 11.3 Å². The monoisotopic (exact) mass is 433 g/mol. The molecule has 0 amide bonds. The van der Waals surface area contributed by atoms with E-state index in [9.17, 15) is 13.5 Å². The van der Waals surface area contributed by atoms with Gasteiger partial charge in [-0.05, 0) is 19.4 Å². The largest absolute Gasteiger partial charge is 0.392 e. The van der Waals surface area contributed by atoms with Crippen molar-refractivity contribution in [3.63, 3.8) is 0 Å². The van der Waals surface area contributed by atoms with Gasteiger partial charge in [-0.25, -0.2) is 15.5 Å². The minimum Gasteiger partial charge on any atom is -0.392 e. The molecule has 30 heavy (non-hydrogen) atoms. The molecule has 11 heteroatoms. The topological polar surface area (TPSA) is 136 Å². The third kappa shape index (κ3) is 4.29. The van der Waals surface area contributed by atoms with E-state index in [1.807, 2.05) is 38.1 Å². The number of nitrogens with two attached hydrogens (primary N) is 1. The van der Waals surface area contributed by atoms with Gasteiger partial charge in [-0.1, -0.05) is 35.5 Å². The molecule has 10 nitrogen and oxygen atoms in total. The number of aliphatic hydroxyl groups is 1. The quantitative estimate of drug-likeness (QED) is 0.471. The summed E-state index contributed by atoms with van der Waals surface area (Å²) in [5, 5.41) is 20.1. The fraction of sp³-hybridized carbons (Fsp3) is 0.421. The van der Waals surface area contributed by atoms with Gasteiger partial charge in [-0.2, -0.15) is 8.42 Å². The molecule has 160 valence electrons. The number of rotatable bonds is 6. The molecule has 2 heterocycles. The predicted molar refractivity (Wildman–Crippen MR) is 109 cm³/mol. The van der Waals surface area contributed by atoms with Crippen LogP contribution in [0.3, 0.4) is 0 Å². The van der Waals surface area contributed by atoms with Crippen molar-refractivity contribution >= 4 is 16.0 Å². The van der Waals surface area contributed by atoms with Gasteiger partial charge in [0, 0.05) is 28.1 Å². The summed E-state index contributed by atoms with van der Waals surface area (Å²) in [6.07, 6.45) is 3.21. The molecule has 0 saturated heterocycles. The third-order valence-electron chi connectivity index (χ3n) is 5.56. The van der Waals surface area contributed by atoms with Crippen molar-refractivity contribution in [3.05, 3.63) is 48.3 Å². The van der Waals surface area contributed by atoms with Gasteiger partial charge in [-0.3, -0.25) is 4.18 Å². The Kier molecular flexibility index (Phi) is 5.45. The highest BCUT2D eigenvalue weighted by molar-refractivity contribution is 7.84. The Balaban J connectivity index is 1.56. The summed E-state index contributed by atoms with van der Waals surface area (Å²) in [5.74, 6) is -0.490. The molecule has 4 atom stereocenters. The molecule has 0 spiro atoms.